The second-order valence-corrected chi connectivity index (χ2v) is 7.20. The summed E-state index contributed by atoms with van der Waals surface area (Å²) in [6.07, 6.45) is 5.64. The number of carbonyl (C=O) groups is 2. The lowest BCUT2D eigenvalue weighted by Gasteiger charge is -2.33. The average molecular weight is 421 g/mol. The first kappa shape index (κ1) is 20.5. The van der Waals surface area contributed by atoms with E-state index in [4.69, 9.17) is 9.26 Å². The third-order valence-corrected chi connectivity index (χ3v) is 5.14. The monoisotopic (exact) mass is 421 g/mol. The lowest BCUT2D eigenvalue weighted by Crippen LogP contribution is -2.41. The summed E-state index contributed by atoms with van der Waals surface area (Å²) >= 11 is 0. The zero-order valence-corrected chi connectivity index (χ0v) is 17.2. The first-order valence-electron chi connectivity index (χ1n) is 10.1. The molecule has 3 heterocycles. The third-order valence-electron chi connectivity index (χ3n) is 5.14. The standard InChI is InChI=1S/C22H23N5O4/c1-23-21(29)16-11-15(12-24-13-16)20-25-22(31-26-20)18-9-5-6-10-27(18)19(28)14-30-17-7-3-2-4-8-17/h2-4,7-8,11-13,18H,5-6,9-10,14H2,1H3,(H,23,29)/t18-/m1/s1. The van der Waals surface area contributed by atoms with E-state index in [0.29, 0.717) is 35.1 Å². The highest BCUT2D eigenvalue weighted by molar-refractivity contribution is 5.94. The molecule has 31 heavy (non-hydrogen) atoms. The number of carbonyl (C=O) groups excluding carboxylic acids is 2. The number of nitrogens with one attached hydrogen (secondary N) is 1. The van der Waals surface area contributed by atoms with Gasteiger partial charge in [0, 0.05) is 31.5 Å². The predicted molar refractivity (Wildman–Crippen MR) is 111 cm³/mol. The summed E-state index contributed by atoms with van der Waals surface area (Å²) in [6.45, 7) is 0.548. The Morgan fingerprint density at radius 2 is 2.06 bits per heavy atom. The smallest absolute Gasteiger partial charge is 0.261 e. The van der Waals surface area contributed by atoms with Gasteiger partial charge in [-0.1, -0.05) is 23.4 Å². The Hall–Kier alpha value is -3.75. The van der Waals surface area contributed by atoms with Gasteiger partial charge in [-0.3, -0.25) is 14.6 Å². The number of amides is 2. The number of rotatable bonds is 6. The van der Waals surface area contributed by atoms with Crippen molar-refractivity contribution in [1.29, 1.82) is 0 Å². The van der Waals surface area contributed by atoms with Crippen molar-refractivity contribution in [2.24, 2.45) is 0 Å². The van der Waals surface area contributed by atoms with Gasteiger partial charge in [0.2, 0.25) is 11.7 Å². The molecular formula is C22H23N5O4. The molecule has 0 aliphatic carbocycles. The van der Waals surface area contributed by atoms with E-state index in [-0.39, 0.29) is 24.5 Å². The number of nitrogens with zero attached hydrogens (tertiary/aromatic N) is 4. The number of aromatic nitrogens is 3. The summed E-state index contributed by atoms with van der Waals surface area (Å²) in [6, 6.07) is 10.6. The number of hydrogen-bond acceptors (Lipinski definition) is 7. The Labute approximate surface area is 179 Å². The molecule has 9 heteroatoms. The fourth-order valence-corrected chi connectivity index (χ4v) is 3.55. The molecule has 1 aromatic carbocycles. The maximum Gasteiger partial charge on any atom is 0.261 e. The molecular weight excluding hydrogens is 398 g/mol. The molecule has 0 spiro atoms. The molecule has 1 aliphatic rings. The van der Waals surface area contributed by atoms with E-state index >= 15 is 0 Å². The van der Waals surface area contributed by atoms with Crippen LogP contribution in [0.25, 0.3) is 11.4 Å². The molecule has 9 nitrogen and oxygen atoms in total. The quantitative estimate of drug-likeness (QED) is 0.651. The minimum Gasteiger partial charge on any atom is -0.484 e. The van der Waals surface area contributed by atoms with Crippen molar-refractivity contribution in [2.45, 2.75) is 25.3 Å². The van der Waals surface area contributed by atoms with E-state index < -0.39 is 0 Å². The average Bonchev–Trinajstić information content (AvgIpc) is 3.33. The molecule has 2 aromatic heterocycles. The normalized spacial score (nSPS) is 16.0. The molecule has 1 atom stereocenters. The van der Waals surface area contributed by atoms with Crippen LogP contribution in [-0.2, 0) is 4.79 Å². The van der Waals surface area contributed by atoms with Gasteiger partial charge < -0.3 is 19.5 Å². The molecule has 1 fully saturated rings. The summed E-state index contributed by atoms with van der Waals surface area (Å²) in [5.74, 6) is 0.963. The number of piperidine rings is 1. The molecule has 4 rings (SSSR count). The zero-order chi connectivity index (χ0) is 21.6. The Bertz CT molecular complexity index is 1050. The molecule has 0 saturated carbocycles. The maximum absolute atomic E-state index is 12.8. The number of hydrogen-bond donors (Lipinski definition) is 1. The fourth-order valence-electron chi connectivity index (χ4n) is 3.55. The Balaban J connectivity index is 1.49. The molecule has 160 valence electrons. The van der Waals surface area contributed by atoms with Gasteiger partial charge in [0.1, 0.15) is 11.8 Å². The summed E-state index contributed by atoms with van der Waals surface area (Å²) in [7, 11) is 1.55. The van der Waals surface area contributed by atoms with Gasteiger partial charge in [-0.2, -0.15) is 4.98 Å². The van der Waals surface area contributed by atoms with E-state index in [1.165, 1.54) is 6.20 Å². The number of ether oxygens (including phenoxy) is 1. The minimum atomic E-state index is -0.308. The summed E-state index contributed by atoms with van der Waals surface area (Å²) < 4.78 is 11.1. The van der Waals surface area contributed by atoms with Crippen molar-refractivity contribution in [3.8, 4) is 17.1 Å². The number of para-hydroxylation sites is 1. The lowest BCUT2D eigenvalue weighted by atomic mass is 10.0. The lowest BCUT2D eigenvalue weighted by molar-refractivity contribution is -0.138. The molecule has 1 saturated heterocycles. The number of likely N-dealkylation sites (tertiary alicyclic amines) is 1. The van der Waals surface area contributed by atoms with Gasteiger partial charge in [-0.05, 0) is 37.5 Å². The second kappa shape index (κ2) is 9.38. The summed E-state index contributed by atoms with van der Waals surface area (Å²) in [4.78, 5) is 35.0. The molecule has 3 aromatic rings. The minimum absolute atomic E-state index is 0.0560. The second-order valence-electron chi connectivity index (χ2n) is 7.20. The van der Waals surface area contributed by atoms with Crippen LogP contribution in [0.1, 0.15) is 41.6 Å². The molecule has 1 N–H and O–H groups in total. The first-order valence-corrected chi connectivity index (χ1v) is 10.1. The molecule has 1 aliphatic heterocycles. The van der Waals surface area contributed by atoms with Gasteiger partial charge in [0.25, 0.3) is 11.8 Å². The van der Waals surface area contributed by atoms with Crippen LogP contribution in [0.3, 0.4) is 0 Å². The van der Waals surface area contributed by atoms with Gasteiger partial charge in [0.15, 0.2) is 6.61 Å². The van der Waals surface area contributed by atoms with Crippen LogP contribution in [0.4, 0.5) is 0 Å². The van der Waals surface area contributed by atoms with Crippen molar-refractivity contribution < 1.29 is 18.8 Å². The number of benzene rings is 1. The molecule has 0 bridgehead atoms. The van der Waals surface area contributed by atoms with Gasteiger partial charge in [-0.25, -0.2) is 0 Å². The van der Waals surface area contributed by atoms with Crippen molar-refractivity contribution >= 4 is 11.8 Å². The highest BCUT2D eigenvalue weighted by Gasteiger charge is 2.32. The van der Waals surface area contributed by atoms with E-state index in [1.807, 2.05) is 30.3 Å². The Kier molecular flexibility index (Phi) is 6.21. The predicted octanol–water partition coefficient (Wildman–Crippen LogP) is 2.62. The van der Waals surface area contributed by atoms with Crippen LogP contribution >= 0.6 is 0 Å². The van der Waals surface area contributed by atoms with Crippen molar-refractivity contribution in [1.82, 2.24) is 25.3 Å². The fraction of sp³-hybridized carbons (Fsp3) is 0.318. The van der Waals surface area contributed by atoms with Crippen LogP contribution in [0, 0.1) is 0 Å². The van der Waals surface area contributed by atoms with E-state index in [1.54, 1.807) is 24.2 Å². The highest BCUT2D eigenvalue weighted by Crippen LogP contribution is 2.31. The topological polar surface area (TPSA) is 110 Å². The van der Waals surface area contributed by atoms with Gasteiger partial charge in [-0.15, -0.1) is 0 Å². The highest BCUT2D eigenvalue weighted by atomic mass is 16.5. The Morgan fingerprint density at radius 1 is 1.23 bits per heavy atom. The van der Waals surface area contributed by atoms with Crippen molar-refractivity contribution in [2.75, 3.05) is 20.2 Å². The summed E-state index contributed by atoms with van der Waals surface area (Å²) in [5.41, 5.74) is 0.969. The van der Waals surface area contributed by atoms with Gasteiger partial charge >= 0.3 is 0 Å². The van der Waals surface area contributed by atoms with Crippen LogP contribution in [0.5, 0.6) is 5.75 Å². The van der Waals surface area contributed by atoms with E-state index in [9.17, 15) is 9.59 Å². The molecule has 0 radical (unpaired) electrons. The van der Waals surface area contributed by atoms with E-state index in [2.05, 4.69) is 20.4 Å². The molecule has 2 amide bonds. The van der Waals surface area contributed by atoms with Crippen LogP contribution < -0.4 is 10.1 Å². The SMILES string of the molecule is CNC(=O)c1cncc(-c2noc([C@H]3CCCCN3C(=O)COc3ccccc3)n2)c1. The van der Waals surface area contributed by atoms with Crippen LogP contribution in [-0.4, -0.2) is 52.0 Å². The van der Waals surface area contributed by atoms with Crippen molar-refractivity contribution in [3.05, 3.63) is 60.2 Å². The molecule has 0 unspecified atom stereocenters. The first-order chi connectivity index (χ1) is 15.2. The van der Waals surface area contributed by atoms with Crippen LogP contribution in [0.15, 0.2) is 53.3 Å². The maximum atomic E-state index is 12.8. The zero-order valence-electron chi connectivity index (χ0n) is 17.2. The number of pyridine rings is 1. The van der Waals surface area contributed by atoms with Crippen molar-refractivity contribution in [3.63, 3.8) is 0 Å². The van der Waals surface area contributed by atoms with Crippen LogP contribution in [0.2, 0.25) is 0 Å². The largest absolute Gasteiger partial charge is 0.484 e. The van der Waals surface area contributed by atoms with Gasteiger partial charge in [0.05, 0.1) is 5.56 Å². The third kappa shape index (κ3) is 4.71. The Morgan fingerprint density at radius 3 is 2.87 bits per heavy atom. The van der Waals surface area contributed by atoms with E-state index in [0.717, 1.165) is 19.3 Å². The summed E-state index contributed by atoms with van der Waals surface area (Å²) in [5, 5.41) is 6.61.